The summed E-state index contributed by atoms with van der Waals surface area (Å²) in [5, 5.41) is 12.8. The van der Waals surface area contributed by atoms with Crippen molar-refractivity contribution in [3.8, 4) is 10.4 Å². The number of anilines is 1. The predicted molar refractivity (Wildman–Crippen MR) is 78.8 cm³/mol. The first-order chi connectivity index (χ1) is 9.72. The SMILES string of the molecule is O=C(Nc1ncc(-c2ccccc2)s1)N1CC[C@@H](O)C1. The molecular weight excluding hydrogens is 274 g/mol. The van der Waals surface area contributed by atoms with E-state index in [1.165, 1.54) is 11.3 Å². The van der Waals surface area contributed by atoms with Crippen molar-refractivity contribution in [3.63, 3.8) is 0 Å². The Kier molecular flexibility index (Phi) is 3.66. The number of rotatable bonds is 2. The Hall–Kier alpha value is -1.92. The van der Waals surface area contributed by atoms with Crippen LogP contribution < -0.4 is 5.32 Å². The van der Waals surface area contributed by atoms with Crippen molar-refractivity contribution in [2.24, 2.45) is 0 Å². The second-order valence-electron chi connectivity index (χ2n) is 4.71. The molecule has 0 bridgehead atoms. The van der Waals surface area contributed by atoms with E-state index < -0.39 is 6.10 Å². The molecule has 1 saturated heterocycles. The molecule has 104 valence electrons. The largest absolute Gasteiger partial charge is 0.391 e. The molecule has 0 radical (unpaired) electrons. The lowest BCUT2D eigenvalue weighted by atomic mass is 10.2. The summed E-state index contributed by atoms with van der Waals surface area (Å²) in [5.74, 6) is 0. The van der Waals surface area contributed by atoms with Gasteiger partial charge in [0.15, 0.2) is 5.13 Å². The molecule has 1 aromatic heterocycles. The zero-order valence-corrected chi connectivity index (χ0v) is 11.6. The van der Waals surface area contributed by atoms with Gasteiger partial charge in [-0.25, -0.2) is 9.78 Å². The van der Waals surface area contributed by atoms with Crippen LogP contribution in [-0.2, 0) is 0 Å². The fourth-order valence-electron chi connectivity index (χ4n) is 2.16. The standard InChI is InChI=1S/C14H15N3O2S/c18-11-6-7-17(9-11)14(19)16-13-15-8-12(20-13)10-4-2-1-3-5-10/h1-5,8,11,18H,6-7,9H2,(H,15,16,19)/t11-/m1/s1. The van der Waals surface area contributed by atoms with Crippen molar-refractivity contribution < 1.29 is 9.90 Å². The highest BCUT2D eigenvalue weighted by Gasteiger charge is 2.24. The van der Waals surface area contributed by atoms with Crippen LogP contribution in [-0.4, -0.2) is 40.2 Å². The van der Waals surface area contributed by atoms with E-state index in [9.17, 15) is 9.90 Å². The Morgan fingerprint density at radius 3 is 2.90 bits per heavy atom. The van der Waals surface area contributed by atoms with E-state index in [0.29, 0.717) is 24.6 Å². The van der Waals surface area contributed by atoms with Gasteiger partial charge >= 0.3 is 6.03 Å². The number of aliphatic hydroxyl groups is 1. The summed E-state index contributed by atoms with van der Waals surface area (Å²) in [7, 11) is 0. The molecule has 2 heterocycles. The topological polar surface area (TPSA) is 65.5 Å². The van der Waals surface area contributed by atoms with E-state index in [2.05, 4.69) is 10.3 Å². The van der Waals surface area contributed by atoms with Gasteiger partial charge in [0, 0.05) is 19.3 Å². The number of thiazole rings is 1. The fourth-order valence-corrected chi connectivity index (χ4v) is 2.98. The molecule has 1 atom stereocenters. The molecule has 1 aliphatic heterocycles. The van der Waals surface area contributed by atoms with Crippen molar-refractivity contribution in [1.82, 2.24) is 9.88 Å². The summed E-state index contributed by atoms with van der Waals surface area (Å²) in [6, 6.07) is 9.73. The van der Waals surface area contributed by atoms with Crippen LogP contribution >= 0.6 is 11.3 Å². The van der Waals surface area contributed by atoms with E-state index in [4.69, 9.17) is 0 Å². The highest BCUT2D eigenvalue weighted by Crippen LogP contribution is 2.28. The van der Waals surface area contributed by atoms with Crippen LogP contribution in [0.3, 0.4) is 0 Å². The molecule has 5 nitrogen and oxygen atoms in total. The average Bonchev–Trinajstić information content (AvgIpc) is 3.09. The summed E-state index contributed by atoms with van der Waals surface area (Å²) >= 11 is 1.44. The molecule has 1 aromatic carbocycles. The number of benzene rings is 1. The second kappa shape index (κ2) is 5.60. The average molecular weight is 289 g/mol. The van der Waals surface area contributed by atoms with E-state index in [0.717, 1.165) is 10.4 Å². The van der Waals surface area contributed by atoms with E-state index in [1.54, 1.807) is 11.1 Å². The lowest BCUT2D eigenvalue weighted by molar-refractivity contribution is 0.176. The normalized spacial score (nSPS) is 18.2. The molecule has 3 rings (SSSR count). The molecule has 0 unspecified atom stereocenters. The number of amides is 2. The zero-order valence-electron chi connectivity index (χ0n) is 10.8. The van der Waals surface area contributed by atoms with Crippen molar-refractivity contribution in [2.75, 3.05) is 18.4 Å². The van der Waals surface area contributed by atoms with Gasteiger partial charge < -0.3 is 10.0 Å². The summed E-state index contributed by atoms with van der Waals surface area (Å²) < 4.78 is 0. The van der Waals surface area contributed by atoms with Crippen molar-refractivity contribution in [2.45, 2.75) is 12.5 Å². The first kappa shape index (κ1) is 13.1. The molecule has 0 spiro atoms. The number of nitrogens with zero attached hydrogens (tertiary/aromatic N) is 2. The number of nitrogens with one attached hydrogen (secondary N) is 1. The Bertz CT molecular complexity index is 599. The van der Waals surface area contributed by atoms with Gasteiger partial charge in [0.25, 0.3) is 0 Å². The molecule has 0 aliphatic carbocycles. The smallest absolute Gasteiger partial charge is 0.323 e. The number of aliphatic hydroxyl groups excluding tert-OH is 1. The highest BCUT2D eigenvalue weighted by atomic mass is 32.1. The van der Waals surface area contributed by atoms with Gasteiger partial charge in [-0.2, -0.15) is 0 Å². The third-order valence-electron chi connectivity index (χ3n) is 3.23. The molecule has 1 aliphatic rings. The van der Waals surface area contributed by atoms with Crippen molar-refractivity contribution >= 4 is 22.5 Å². The lowest BCUT2D eigenvalue weighted by Crippen LogP contribution is -2.33. The summed E-state index contributed by atoms with van der Waals surface area (Å²) in [6.07, 6.45) is 1.99. The molecule has 6 heteroatoms. The minimum Gasteiger partial charge on any atom is -0.391 e. The zero-order chi connectivity index (χ0) is 13.9. The van der Waals surface area contributed by atoms with Gasteiger partial charge in [0.2, 0.25) is 0 Å². The molecule has 2 amide bonds. The number of hydrogen-bond acceptors (Lipinski definition) is 4. The molecule has 20 heavy (non-hydrogen) atoms. The predicted octanol–water partition coefficient (Wildman–Crippen LogP) is 2.41. The number of likely N-dealkylation sites (tertiary alicyclic amines) is 1. The maximum atomic E-state index is 12.0. The van der Waals surface area contributed by atoms with Crippen LogP contribution in [0.5, 0.6) is 0 Å². The van der Waals surface area contributed by atoms with Gasteiger partial charge in [-0.3, -0.25) is 5.32 Å². The molecule has 1 fully saturated rings. The van der Waals surface area contributed by atoms with E-state index in [-0.39, 0.29) is 6.03 Å². The Morgan fingerprint density at radius 2 is 2.20 bits per heavy atom. The number of hydrogen-bond donors (Lipinski definition) is 2. The fraction of sp³-hybridized carbons (Fsp3) is 0.286. The summed E-state index contributed by atoms with van der Waals surface area (Å²) in [6.45, 7) is 0.979. The summed E-state index contributed by atoms with van der Waals surface area (Å²) in [5.41, 5.74) is 1.09. The van der Waals surface area contributed by atoms with E-state index >= 15 is 0 Å². The number of aromatic nitrogens is 1. The number of carbonyl (C=O) groups excluding carboxylic acids is 1. The van der Waals surface area contributed by atoms with Crippen molar-refractivity contribution in [1.29, 1.82) is 0 Å². The van der Waals surface area contributed by atoms with Crippen LogP contribution in [0.25, 0.3) is 10.4 Å². The third kappa shape index (κ3) is 2.81. The van der Waals surface area contributed by atoms with Crippen LogP contribution in [0.1, 0.15) is 6.42 Å². The van der Waals surface area contributed by atoms with Gasteiger partial charge in [0.05, 0.1) is 11.0 Å². The number of urea groups is 1. The van der Waals surface area contributed by atoms with Gasteiger partial charge in [-0.05, 0) is 12.0 Å². The maximum Gasteiger partial charge on any atom is 0.323 e. The number of carbonyl (C=O) groups is 1. The first-order valence-corrected chi connectivity index (χ1v) is 7.29. The number of β-amino-alcohol motifs (C(OH)–C–C–N with tert-alkyl or cyclic N) is 1. The quantitative estimate of drug-likeness (QED) is 0.892. The van der Waals surface area contributed by atoms with E-state index in [1.807, 2.05) is 30.3 Å². The summed E-state index contributed by atoms with van der Waals surface area (Å²) in [4.78, 5) is 18.8. The van der Waals surface area contributed by atoms with Crippen LogP contribution in [0.2, 0.25) is 0 Å². The second-order valence-corrected chi connectivity index (χ2v) is 5.75. The molecule has 2 aromatic rings. The molecule has 2 N–H and O–H groups in total. The molecule has 0 saturated carbocycles. The van der Waals surface area contributed by atoms with Crippen LogP contribution in [0, 0.1) is 0 Å². The van der Waals surface area contributed by atoms with Gasteiger partial charge in [-0.1, -0.05) is 41.7 Å². The third-order valence-corrected chi connectivity index (χ3v) is 4.19. The highest BCUT2D eigenvalue weighted by molar-refractivity contribution is 7.19. The minimum absolute atomic E-state index is 0.199. The van der Waals surface area contributed by atoms with Gasteiger partial charge in [-0.15, -0.1) is 0 Å². The van der Waals surface area contributed by atoms with Crippen LogP contribution in [0.4, 0.5) is 9.93 Å². The Balaban J connectivity index is 1.67. The lowest BCUT2D eigenvalue weighted by Gasteiger charge is -2.14. The van der Waals surface area contributed by atoms with Crippen LogP contribution in [0.15, 0.2) is 36.5 Å². The Labute approximate surface area is 120 Å². The minimum atomic E-state index is -0.406. The molecular formula is C14H15N3O2S. The monoisotopic (exact) mass is 289 g/mol. The van der Waals surface area contributed by atoms with Gasteiger partial charge in [0.1, 0.15) is 0 Å². The first-order valence-electron chi connectivity index (χ1n) is 6.47. The Morgan fingerprint density at radius 1 is 1.40 bits per heavy atom. The van der Waals surface area contributed by atoms with Crippen molar-refractivity contribution in [3.05, 3.63) is 36.5 Å². The maximum absolute atomic E-state index is 12.0.